The van der Waals surface area contributed by atoms with Crippen molar-refractivity contribution in [2.45, 2.75) is 44.8 Å². The zero-order valence-electron chi connectivity index (χ0n) is 10.1. The van der Waals surface area contributed by atoms with Crippen molar-refractivity contribution in [3.8, 4) is 0 Å². The van der Waals surface area contributed by atoms with Crippen molar-refractivity contribution < 1.29 is 9.13 Å². The molecule has 0 aromatic heterocycles. The Morgan fingerprint density at radius 1 is 1.06 bits per heavy atom. The largest absolute Gasteiger partial charge is 0.373 e. The normalized spacial score (nSPS) is 31.7. The Hall–Kier alpha value is -0.890. The van der Waals surface area contributed by atoms with Crippen LogP contribution in [0.15, 0.2) is 24.3 Å². The molecule has 0 heterocycles. The van der Waals surface area contributed by atoms with E-state index in [2.05, 4.69) is 0 Å². The third kappa shape index (κ3) is 2.52. The second kappa shape index (κ2) is 4.77. The molecule has 2 bridgehead atoms. The fraction of sp³-hybridized carbons (Fsp3) is 0.600. The minimum absolute atomic E-state index is 0.147. The van der Waals surface area contributed by atoms with Gasteiger partial charge in [-0.2, -0.15) is 0 Å². The summed E-state index contributed by atoms with van der Waals surface area (Å²) in [6, 6.07) is 6.90. The maximum absolute atomic E-state index is 13.4. The van der Waals surface area contributed by atoms with Crippen molar-refractivity contribution in [2.75, 3.05) is 0 Å². The van der Waals surface area contributed by atoms with Gasteiger partial charge in [0.2, 0.25) is 0 Å². The van der Waals surface area contributed by atoms with Crippen LogP contribution in [0.4, 0.5) is 4.39 Å². The molecule has 2 fully saturated rings. The Labute approximate surface area is 102 Å². The SMILES string of the molecule is Fc1ccccc1CO[C@@H]1C[C@@H]2CC[C@@H](C2)C1. The zero-order valence-corrected chi connectivity index (χ0v) is 10.1. The van der Waals surface area contributed by atoms with E-state index in [1.165, 1.54) is 38.2 Å². The molecule has 17 heavy (non-hydrogen) atoms. The minimum atomic E-state index is -0.147. The molecule has 3 rings (SSSR count). The van der Waals surface area contributed by atoms with E-state index in [1.807, 2.05) is 12.1 Å². The first-order chi connectivity index (χ1) is 8.31. The van der Waals surface area contributed by atoms with Crippen LogP contribution in [0.1, 0.15) is 37.7 Å². The third-order valence-electron chi connectivity index (χ3n) is 4.27. The van der Waals surface area contributed by atoms with Gasteiger partial charge >= 0.3 is 0 Å². The average molecular weight is 234 g/mol. The van der Waals surface area contributed by atoms with E-state index in [0.29, 0.717) is 18.3 Å². The molecule has 0 saturated heterocycles. The van der Waals surface area contributed by atoms with Crippen LogP contribution in [0, 0.1) is 17.7 Å². The first-order valence-electron chi connectivity index (χ1n) is 6.66. The van der Waals surface area contributed by atoms with Crippen molar-refractivity contribution >= 4 is 0 Å². The smallest absolute Gasteiger partial charge is 0.128 e. The van der Waals surface area contributed by atoms with E-state index in [4.69, 9.17) is 4.74 Å². The highest BCUT2D eigenvalue weighted by molar-refractivity contribution is 5.16. The average Bonchev–Trinajstić information content (AvgIpc) is 2.68. The van der Waals surface area contributed by atoms with Crippen LogP contribution in [-0.2, 0) is 11.3 Å². The van der Waals surface area contributed by atoms with Crippen molar-refractivity contribution in [1.82, 2.24) is 0 Å². The molecule has 1 aromatic rings. The van der Waals surface area contributed by atoms with Gasteiger partial charge in [0.05, 0.1) is 12.7 Å². The van der Waals surface area contributed by atoms with Crippen molar-refractivity contribution in [2.24, 2.45) is 11.8 Å². The van der Waals surface area contributed by atoms with Crippen LogP contribution in [-0.4, -0.2) is 6.10 Å². The fourth-order valence-electron chi connectivity index (χ4n) is 3.41. The van der Waals surface area contributed by atoms with E-state index in [0.717, 1.165) is 11.8 Å². The molecular formula is C15H19FO. The molecule has 2 aliphatic carbocycles. The van der Waals surface area contributed by atoms with Crippen LogP contribution in [0.3, 0.4) is 0 Å². The van der Waals surface area contributed by atoms with E-state index >= 15 is 0 Å². The molecule has 0 spiro atoms. The predicted octanol–water partition coefficient (Wildman–Crippen LogP) is 3.92. The summed E-state index contributed by atoms with van der Waals surface area (Å²) < 4.78 is 19.3. The summed E-state index contributed by atoms with van der Waals surface area (Å²) in [4.78, 5) is 0. The van der Waals surface area contributed by atoms with Crippen LogP contribution >= 0.6 is 0 Å². The lowest BCUT2D eigenvalue weighted by atomic mass is 9.87. The van der Waals surface area contributed by atoms with Gasteiger partial charge in [-0.15, -0.1) is 0 Å². The van der Waals surface area contributed by atoms with Gasteiger partial charge in [0.15, 0.2) is 0 Å². The van der Waals surface area contributed by atoms with Gasteiger partial charge in [-0.3, -0.25) is 0 Å². The van der Waals surface area contributed by atoms with Crippen LogP contribution in [0.2, 0.25) is 0 Å². The van der Waals surface area contributed by atoms with E-state index in [1.54, 1.807) is 6.07 Å². The van der Waals surface area contributed by atoms with Gasteiger partial charge in [0.1, 0.15) is 5.82 Å². The first-order valence-corrected chi connectivity index (χ1v) is 6.66. The molecule has 2 heteroatoms. The number of hydrogen-bond acceptors (Lipinski definition) is 1. The molecule has 2 saturated carbocycles. The summed E-state index contributed by atoms with van der Waals surface area (Å²) in [6.07, 6.45) is 6.89. The summed E-state index contributed by atoms with van der Waals surface area (Å²) >= 11 is 0. The maximum Gasteiger partial charge on any atom is 0.128 e. The highest BCUT2D eigenvalue weighted by Gasteiger charge is 2.34. The lowest BCUT2D eigenvalue weighted by Gasteiger charge is -2.27. The second-order valence-electron chi connectivity index (χ2n) is 5.54. The summed E-state index contributed by atoms with van der Waals surface area (Å²) in [5.74, 6) is 1.60. The summed E-state index contributed by atoms with van der Waals surface area (Å²) in [5.41, 5.74) is 0.686. The second-order valence-corrected chi connectivity index (χ2v) is 5.54. The number of halogens is 1. The Balaban J connectivity index is 1.56. The standard InChI is InChI=1S/C15H19FO/c16-15-4-2-1-3-13(15)10-17-14-8-11-5-6-12(7-11)9-14/h1-4,11-12,14H,5-10H2/t11-,12+,14-. The van der Waals surface area contributed by atoms with Gasteiger partial charge in [-0.25, -0.2) is 4.39 Å². The number of ether oxygens (including phenoxy) is 1. The fourth-order valence-corrected chi connectivity index (χ4v) is 3.41. The number of fused-ring (bicyclic) bond motifs is 2. The molecule has 1 nitrogen and oxygen atoms in total. The number of hydrogen-bond donors (Lipinski definition) is 0. The predicted molar refractivity (Wildman–Crippen MR) is 65.0 cm³/mol. The van der Waals surface area contributed by atoms with Crippen LogP contribution < -0.4 is 0 Å². The Morgan fingerprint density at radius 2 is 1.76 bits per heavy atom. The minimum Gasteiger partial charge on any atom is -0.373 e. The Morgan fingerprint density at radius 3 is 2.47 bits per heavy atom. The van der Waals surface area contributed by atoms with Crippen molar-refractivity contribution in [3.63, 3.8) is 0 Å². The monoisotopic (exact) mass is 234 g/mol. The molecule has 0 aliphatic heterocycles. The van der Waals surface area contributed by atoms with E-state index in [9.17, 15) is 4.39 Å². The first kappa shape index (κ1) is 11.2. The zero-order chi connectivity index (χ0) is 11.7. The van der Waals surface area contributed by atoms with Gasteiger partial charge in [0, 0.05) is 5.56 Å². The molecule has 0 N–H and O–H groups in total. The number of rotatable bonds is 3. The quantitative estimate of drug-likeness (QED) is 0.770. The molecule has 3 atom stereocenters. The van der Waals surface area contributed by atoms with E-state index < -0.39 is 0 Å². The van der Waals surface area contributed by atoms with Crippen molar-refractivity contribution in [3.05, 3.63) is 35.6 Å². The summed E-state index contributed by atoms with van der Waals surface area (Å²) in [7, 11) is 0. The highest BCUT2D eigenvalue weighted by atomic mass is 19.1. The van der Waals surface area contributed by atoms with Gasteiger partial charge in [-0.05, 0) is 37.2 Å². The van der Waals surface area contributed by atoms with Gasteiger partial charge in [0.25, 0.3) is 0 Å². The van der Waals surface area contributed by atoms with Crippen LogP contribution in [0.25, 0.3) is 0 Å². The lowest BCUT2D eigenvalue weighted by molar-refractivity contribution is -0.00197. The number of benzene rings is 1. The van der Waals surface area contributed by atoms with Crippen LogP contribution in [0.5, 0.6) is 0 Å². The molecule has 92 valence electrons. The van der Waals surface area contributed by atoms with Crippen molar-refractivity contribution in [1.29, 1.82) is 0 Å². The van der Waals surface area contributed by atoms with E-state index in [-0.39, 0.29) is 5.82 Å². The summed E-state index contributed by atoms with van der Waals surface area (Å²) in [5, 5.41) is 0. The third-order valence-corrected chi connectivity index (χ3v) is 4.27. The maximum atomic E-state index is 13.4. The van der Waals surface area contributed by atoms with Gasteiger partial charge in [-0.1, -0.05) is 31.0 Å². The molecular weight excluding hydrogens is 215 g/mol. The van der Waals surface area contributed by atoms with Gasteiger partial charge < -0.3 is 4.74 Å². The molecule has 0 unspecified atom stereocenters. The molecule has 0 amide bonds. The molecule has 0 radical (unpaired) electrons. The Kier molecular flexibility index (Phi) is 3.15. The topological polar surface area (TPSA) is 9.23 Å². The lowest BCUT2D eigenvalue weighted by Crippen LogP contribution is -2.23. The molecule has 2 aliphatic rings. The molecule has 1 aromatic carbocycles. The summed E-state index contributed by atoms with van der Waals surface area (Å²) in [6.45, 7) is 0.427. The Bertz CT molecular complexity index is 378. The highest BCUT2D eigenvalue weighted by Crippen LogP contribution is 2.43.